The fraction of sp³-hybridized carbons (Fsp3) is 0.278. The van der Waals surface area contributed by atoms with Crippen LogP contribution in [0.15, 0.2) is 48.5 Å². The third kappa shape index (κ3) is 5.17. The number of aliphatic hydroxyl groups is 2. The topological polar surface area (TPSA) is 88.0 Å². The van der Waals surface area contributed by atoms with Crippen LogP contribution in [0.2, 0.25) is 0 Å². The second-order valence-corrected chi connectivity index (χ2v) is 5.32. The van der Waals surface area contributed by atoms with Crippen molar-refractivity contribution >= 4 is 6.09 Å². The molecular formula is C18H20FNO5. The molecule has 0 aliphatic heterocycles. The van der Waals surface area contributed by atoms with E-state index < -0.39 is 24.1 Å². The van der Waals surface area contributed by atoms with Crippen molar-refractivity contribution in [2.45, 2.75) is 18.8 Å². The number of methoxy groups -OCH3 is 1. The molecule has 0 bridgehead atoms. The van der Waals surface area contributed by atoms with Gasteiger partial charge in [-0.2, -0.15) is 0 Å². The molecule has 3 N–H and O–H groups in total. The van der Waals surface area contributed by atoms with Gasteiger partial charge in [0.1, 0.15) is 18.8 Å². The lowest BCUT2D eigenvalue weighted by Crippen LogP contribution is -2.35. The third-order valence-electron chi connectivity index (χ3n) is 3.55. The summed E-state index contributed by atoms with van der Waals surface area (Å²) in [4.78, 5) is 11.6. The van der Waals surface area contributed by atoms with Gasteiger partial charge in [-0.25, -0.2) is 9.18 Å². The SMILES string of the molecule is COc1c(F)cccc1C(O)C(O)CNC(=O)OCc1ccccc1. The first-order chi connectivity index (χ1) is 12.0. The maximum atomic E-state index is 13.6. The van der Waals surface area contributed by atoms with E-state index in [0.717, 1.165) is 5.56 Å². The molecule has 0 aliphatic rings. The van der Waals surface area contributed by atoms with Gasteiger partial charge in [0.2, 0.25) is 0 Å². The van der Waals surface area contributed by atoms with Crippen molar-refractivity contribution in [1.29, 1.82) is 0 Å². The maximum Gasteiger partial charge on any atom is 0.407 e. The van der Waals surface area contributed by atoms with E-state index in [1.165, 1.54) is 25.3 Å². The first-order valence-electron chi connectivity index (χ1n) is 7.66. The highest BCUT2D eigenvalue weighted by Crippen LogP contribution is 2.29. The van der Waals surface area contributed by atoms with E-state index in [2.05, 4.69) is 5.32 Å². The molecule has 2 rings (SSSR count). The van der Waals surface area contributed by atoms with Gasteiger partial charge in [-0.05, 0) is 11.6 Å². The summed E-state index contributed by atoms with van der Waals surface area (Å²) in [6.07, 6.45) is -3.53. The highest BCUT2D eigenvalue weighted by atomic mass is 19.1. The fourth-order valence-electron chi connectivity index (χ4n) is 2.25. The summed E-state index contributed by atoms with van der Waals surface area (Å²) in [6.45, 7) is -0.183. The molecule has 2 unspecified atom stereocenters. The molecule has 2 aromatic rings. The number of carbonyl (C=O) groups is 1. The number of para-hydroxylation sites is 1. The average molecular weight is 349 g/mol. The Morgan fingerprint density at radius 2 is 1.88 bits per heavy atom. The highest BCUT2D eigenvalue weighted by Gasteiger charge is 2.24. The van der Waals surface area contributed by atoms with Gasteiger partial charge in [-0.15, -0.1) is 0 Å². The molecule has 0 saturated heterocycles. The van der Waals surface area contributed by atoms with Crippen molar-refractivity contribution in [3.63, 3.8) is 0 Å². The lowest BCUT2D eigenvalue weighted by molar-refractivity contribution is 0.0168. The van der Waals surface area contributed by atoms with Crippen molar-refractivity contribution < 1.29 is 28.9 Å². The van der Waals surface area contributed by atoms with Crippen LogP contribution in [0.3, 0.4) is 0 Å². The Hall–Kier alpha value is -2.64. The zero-order valence-electron chi connectivity index (χ0n) is 13.7. The van der Waals surface area contributed by atoms with E-state index >= 15 is 0 Å². The van der Waals surface area contributed by atoms with E-state index in [4.69, 9.17) is 9.47 Å². The Morgan fingerprint density at radius 1 is 1.16 bits per heavy atom. The van der Waals surface area contributed by atoms with Crippen molar-refractivity contribution in [3.05, 3.63) is 65.5 Å². The van der Waals surface area contributed by atoms with Crippen LogP contribution in [-0.2, 0) is 11.3 Å². The highest BCUT2D eigenvalue weighted by molar-refractivity contribution is 5.67. The minimum absolute atomic E-state index is 0.0864. The molecule has 0 saturated carbocycles. The van der Waals surface area contributed by atoms with Crippen LogP contribution in [0.1, 0.15) is 17.2 Å². The lowest BCUT2D eigenvalue weighted by atomic mass is 10.0. The predicted octanol–water partition coefficient (Wildman–Crippen LogP) is 2.16. The molecule has 0 aromatic heterocycles. The molecule has 0 fully saturated rings. The van der Waals surface area contributed by atoms with Crippen LogP contribution in [0.5, 0.6) is 5.75 Å². The quantitative estimate of drug-likeness (QED) is 0.713. The minimum Gasteiger partial charge on any atom is -0.493 e. The molecule has 0 heterocycles. The van der Waals surface area contributed by atoms with E-state index in [1.807, 2.05) is 30.3 Å². The molecule has 0 aliphatic carbocycles. The van der Waals surface area contributed by atoms with Gasteiger partial charge in [0, 0.05) is 12.1 Å². The van der Waals surface area contributed by atoms with Gasteiger partial charge in [0.25, 0.3) is 0 Å². The number of benzene rings is 2. The monoisotopic (exact) mass is 349 g/mol. The number of aliphatic hydroxyl groups excluding tert-OH is 2. The maximum absolute atomic E-state index is 13.6. The second-order valence-electron chi connectivity index (χ2n) is 5.32. The molecule has 6 nitrogen and oxygen atoms in total. The Kier molecular flexibility index (Phi) is 6.73. The molecule has 134 valence electrons. The number of nitrogens with one attached hydrogen (secondary N) is 1. The largest absolute Gasteiger partial charge is 0.493 e. The van der Waals surface area contributed by atoms with Gasteiger partial charge >= 0.3 is 6.09 Å². The Balaban J connectivity index is 1.86. The number of hydrogen-bond donors (Lipinski definition) is 3. The normalized spacial score (nSPS) is 13.0. The molecule has 25 heavy (non-hydrogen) atoms. The zero-order valence-corrected chi connectivity index (χ0v) is 13.7. The standard InChI is InChI=1S/C18H20FNO5/c1-24-17-13(8-5-9-14(17)19)16(22)15(21)10-20-18(23)25-11-12-6-3-2-4-7-12/h2-9,15-16,21-22H,10-11H2,1H3,(H,20,23). The fourth-order valence-corrected chi connectivity index (χ4v) is 2.25. The molecule has 7 heteroatoms. The zero-order chi connectivity index (χ0) is 18.2. The van der Waals surface area contributed by atoms with Crippen LogP contribution in [0.25, 0.3) is 0 Å². The number of alkyl carbamates (subject to hydrolysis) is 1. The lowest BCUT2D eigenvalue weighted by Gasteiger charge is -2.20. The first kappa shape index (κ1) is 18.7. The van der Waals surface area contributed by atoms with E-state index in [1.54, 1.807) is 0 Å². The summed E-state index contributed by atoms with van der Waals surface area (Å²) in [5.74, 6) is -0.804. The van der Waals surface area contributed by atoms with Crippen molar-refractivity contribution in [2.24, 2.45) is 0 Å². The predicted molar refractivity (Wildman–Crippen MR) is 88.5 cm³/mol. The number of halogens is 1. The third-order valence-corrected chi connectivity index (χ3v) is 3.55. The summed E-state index contributed by atoms with van der Waals surface area (Å²) in [7, 11) is 1.26. The summed E-state index contributed by atoms with van der Waals surface area (Å²) in [5, 5.41) is 22.5. The van der Waals surface area contributed by atoms with Gasteiger partial charge in [-0.3, -0.25) is 0 Å². The van der Waals surface area contributed by atoms with Crippen LogP contribution in [0.4, 0.5) is 9.18 Å². The smallest absolute Gasteiger partial charge is 0.407 e. The molecule has 0 spiro atoms. The van der Waals surface area contributed by atoms with Gasteiger partial charge in [0.05, 0.1) is 7.11 Å². The Bertz CT molecular complexity index is 695. The van der Waals surface area contributed by atoms with Crippen LogP contribution in [-0.4, -0.2) is 36.1 Å². The number of rotatable bonds is 7. The molecule has 2 atom stereocenters. The summed E-state index contributed by atoms with van der Waals surface area (Å²) < 4.78 is 23.5. The van der Waals surface area contributed by atoms with Gasteiger partial charge < -0.3 is 25.0 Å². The van der Waals surface area contributed by atoms with Crippen molar-refractivity contribution in [3.8, 4) is 5.75 Å². The first-order valence-corrected chi connectivity index (χ1v) is 7.66. The van der Waals surface area contributed by atoms with Crippen LogP contribution < -0.4 is 10.1 Å². The summed E-state index contributed by atoms with van der Waals surface area (Å²) in [6, 6.07) is 13.1. The summed E-state index contributed by atoms with van der Waals surface area (Å²) >= 11 is 0. The number of carbonyl (C=O) groups excluding carboxylic acids is 1. The number of hydrogen-bond acceptors (Lipinski definition) is 5. The number of amides is 1. The van der Waals surface area contributed by atoms with Gasteiger partial charge in [-0.1, -0.05) is 42.5 Å². The van der Waals surface area contributed by atoms with E-state index in [-0.39, 0.29) is 24.5 Å². The second kappa shape index (κ2) is 9.00. The Morgan fingerprint density at radius 3 is 2.56 bits per heavy atom. The average Bonchev–Trinajstić information content (AvgIpc) is 2.64. The van der Waals surface area contributed by atoms with Gasteiger partial charge in [0.15, 0.2) is 11.6 Å². The minimum atomic E-state index is -1.43. The molecule has 0 radical (unpaired) electrons. The molecule has 2 aromatic carbocycles. The number of ether oxygens (including phenoxy) is 2. The Labute approximate surface area is 144 Å². The summed E-state index contributed by atoms with van der Waals surface area (Å²) in [5.41, 5.74) is 0.914. The van der Waals surface area contributed by atoms with Crippen LogP contribution in [0, 0.1) is 5.82 Å². The molecular weight excluding hydrogens is 329 g/mol. The molecule has 1 amide bonds. The van der Waals surface area contributed by atoms with Crippen molar-refractivity contribution in [1.82, 2.24) is 5.32 Å². The van der Waals surface area contributed by atoms with E-state index in [9.17, 15) is 19.4 Å². The van der Waals surface area contributed by atoms with Crippen LogP contribution >= 0.6 is 0 Å². The van der Waals surface area contributed by atoms with E-state index in [0.29, 0.717) is 0 Å². The van der Waals surface area contributed by atoms with Crippen molar-refractivity contribution in [2.75, 3.05) is 13.7 Å².